The molecule has 5 heteroatoms. The van der Waals surface area contributed by atoms with Crippen LogP contribution in [0.2, 0.25) is 5.02 Å². The molecule has 0 saturated carbocycles. The van der Waals surface area contributed by atoms with Gasteiger partial charge < -0.3 is 10.0 Å². The van der Waals surface area contributed by atoms with E-state index >= 15 is 0 Å². The fourth-order valence-corrected chi connectivity index (χ4v) is 2.86. The maximum absolute atomic E-state index is 11.1. The summed E-state index contributed by atoms with van der Waals surface area (Å²) in [4.78, 5) is 12.9. The summed E-state index contributed by atoms with van der Waals surface area (Å²) in [5, 5.41) is 9.71. The molecule has 0 spiro atoms. The highest BCUT2D eigenvalue weighted by atomic mass is 79.9. The summed E-state index contributed by atoms with van der Waals surface area (Å²) in [6.07, 6.45) is 0. The van der Waals surface area contributed by atoms with Gasteiger partial charge in [-0.25, -0.2) is 0 Å². The van der Waals surface area contributed by atoms with Crippen LogP contribution in [-0.4, -0.2) is 17.6 Å². The molecule has 0 amide bonds. The molecule has 21 heavy (non-hydrogen) atoms. The molecule has 0 aliphatic carbocycles. The van der Waals surface area contributed by atoms with E-state index in [4.69, 9.17) is 16.7 Å². The Bertz CT molecular complexity index is 660. The summed E-state index contributed by atoms with van der Waals surface area (Å²) in [6, 6.07) is 13.2. The average Bonchev–Trinajstić information content (AvgIpc) is 2.40. The predicted molar refractivity (Wildman–Crippen MR) is 89.0 cm³/mol. The molecule has 0 saturated heterocycles. The first-order chi connectivity index (χ1) is 9.95. The lowest BCUT2D eigenvalue weighted by Gasteiger charge is -2.24. The van der Waals surface area contributed by atoms with Gasteiger partial charge in [0.25, 0.3) is 0 Å². The number of hydrogen-bond acceptors (Lipinski definition) is 2. The molecule has 0 aliphatic rings. The third-order valence-electron chi connectivity index (χ3n) is 3.07. The van der Waals surface area contributed by atoms with Gasteiger partial charge in [0, 0.05) is 21.7 Å². The lowest BCUT2D eigenvalue weighted by Crippen LogP contribution is -2.29. The second kappa shape index (κ2) is 6.96. The van der Waals surface area contributed by atoms with Crippen LogP contribution in [0.3, 0.4) is 0 Å². The van der Waals surface area contributed by atoms with E-state index in [2.05, 4.69) is 15.9 Å². The van der Waals surface area contributed by atoms with Gasteiger partial charge in [-0.2, -0.15) is 0 Å². The van der Waals surface area contributed by atoms with Crippen molar-refractivity contribution < 1.29 is 9.90 Å². The van der Waals surface area contributed by atoms with Crippen LogP contribution in [-0.2, 0) is 11.3 Å². The number of benzene rings is 2. The first-order valence-electron chi connectivity index (χ1n) is 6.43. The molecule has 1 N–H and O–H groups in total. The van der Waals surface area contributed by atoms with Gasteiger partial charge in [0.1, 0.15) is 6.54 Å². The first kappa shape index (κ1) is 15.9. The molecule has 0 aliphatic heterocycles. The fraction of sp³-hybridized carbons (Fsp3) is 0.188. The molecule has 0 heterocycles. The number of carboxylic acid groups (broad SMARTS) is 1. The second-order valence-electron chi connectivity index (χ2n) is 4.82. The number of halogens is 2. The largest absolute Gasteiger partial charge is 0.480 e. The minimum atomic E-state index is -0.877. The number of anilines is 1. The molecule has 2 aromatic rings. The molecule has 3 nitrogen and oxygen atoms in total. The predicted octanol–water partition coefficient (Wildman–Crippen LogP) is 4.50. The van der Waals surface area contributed by atoms with Gasteiger partial charge in [-0.1, -0.05) is 45.7 Å². The molecule has 0 atom stereocenters. The van der Waals surface area contributed by atoms with Crippen molar-refractivity contribution in [3.8, 4) is 0 Å². The summed E-state index contributed by atoms with van der Waals surface area (Å²) in [6.45, 7) is 2.43. The van der Waals surface area contributed by atoms with Crippen LogP contribution in [0.4, 0.5) is 5.69 Å². The SMILES string of the molecule is Cc1ccc(CN(CC(=O)O)c2cccc(Cl)c2)c(Br)c1. The van der Waals surface area contributed by atoms with Gasteiger partial charge >= 0.3 is 5.97 Å². The molecule has 2 rings (SSSR count). The molecular weight excluding hydrogens is 354 g/mol. The Kier molecular flexibility index (Phi) is 5.26. The van der Waals surface area contributed by atoms with E-state index in [1.54, 1.807) is 17.0 Å². The zero-order chi connectivity index (χ0) is 15.4. The topological polar surface area (TPSA) is 40.5 Å². The van der Waals surface area contributed by atoms with Crippen molar-refractivity contribution in [1.29, 1.82) is 0 Å². The molecular formula is C16H15BrClNO2. The molecule has 0 fully saturated rings. The molecule has 0 bridgehead atoms. The van der Waals surface area contributed by atoms with Gasteiger partial charge in [-0.15, -0.1) is 0 Å². The number of carboxylic acids is 1. The molecule has 0 aromatic heterocycles. The molecule has 0 unspecified atom stereocenters. The van der Waals surface area contributed by atoms with Gasteiger partial charge in [0.15, 0.2) is 0 Å². The van der Waals surface area contributed by atoms with Crippen LogP contribution in [0.15, 0.2) is 46.9 Å². The van der Waals surface area contributed by atoms with Crippen LogP contribution < -0.4 is 4.90 Å². The Morgan fingerprint density at radius 1 is 1.29 bits per heavy atom. The Hall–Kier alpha value is -1.52. The summed E-state index contributed by atoms with van der Waals surface area (Å²) in [5.41, 5.74) is 2.97. The smallest absolute Gasteiger partial charge is 0.323 e. The van der Waals surface area contributed by atoms with Crippen molar-refractivity contribution in [2.45, 2.75) is 13.5 Å². The van der Waals surface area contributed by atoms with Crippen molar-refractivity contribution in [1.82, 2.24) is 0 Å². The van der Waals surface area contributed by atoms with E-state index in [9.17, 15) is 4.79 Å². The van der Waals surface area contributed by atoms with Crippen LogP contribution >= 0.6 is 27.5 Å². The van der Waals surface area contributed by atoms with Gasteiger partial charge in [0.05, 0.1) is 0 Å². The normalized spacial score (nSPS) is 10.4. The number of hydrogen-bond donors (Lipinski definition) is 1. The van der Waals surface area contributed by atoms with Crippen LogP contribution in [0.5, 0.6) is 0 Å². The highest BCUT2D eigenvalue weighted by Crippen LogP contribution is 2.25. The molecule has 110 valence electrons. The second-order valence-corrected chi connectivity index (χ2v) is 6.12. The van der Waals surface area contributed by atoms with Crippen molar-refractivity contribution in [2.24, 2.45) is 0 Å². The van der Waals surface area contributed by atoms with Gasteiger partial charge in [-0.3, -0.25) is 4.79 Å². The fourth-order valence-electron chi connectivity index (χ4n) is 2.06. The van der Waals surface area contributed by atoms with Crippen molar-refractivity contribution in [2.75, 3.05) is 11.4 Å². The van der Waals surface area contributed by atoms with Crippen molar-refractivity contribution in [3.05, 3.63) is 63.1 Å². The third kappa shape index (κ3) is 4.48. The van der Waals surface area contributed by atoms with E-state index in [0.29, 0.717) is 11.6 Å². The summed E-state index contributed by atoms with van der Waals surface area (Å²) >= 11 is 9.53. The average molecular weight is 369 g/mol. The zero-order valence-corrected chi connectivity index (χ0v) is 13.9. The lowest BCUT2D eigenvalue weighted by atomic mass is 10.1. The zero-order valence-electron chi connectivity index (χ0n) is 11.5. The number of aliphatic carboxylic acids is 1. The summed E-state index contributed by atoms with van der Waals surface area (Å²) in [5.74, 6) is -0.877. The maximum Gasteiger partial charge on any atom is 0.323 e. The summed E-state index contributed by atoms with van der Waals surface area (Å²) < 4.78 is 0.972. The highest BCUT2D eigenvalue weighted by Gasteiger charge is 2.13. The van der Waals surface area contributed by atoms with Gasteiger partial charge in [0.2, 0.25) is 0 Å². The number of rotatable bonds is 5. The highest BCUT2D eigenvalue weighted by molar-refractivity contribution is 9.10. The number of carbonyl (C=O) groups is 1. The van der Waals surface area contributed by atoms with Gasteiger partial charge in [-0.05, 0) is 42.3 Å². The monoisotopic (exact) mass is 367 g/mol. The Morgan fingerprint density at radius 3 is 2.67 bits per heavy atom. The minimum Gasteiger partial charge on any atom is -0.480 e. The molecule has 0 radical (unpaired) electrons. The van der Waals surface area contributed by atoms with E-state index < -0.39 is 5.97 Å². The van der Waals surface area contributed by atoms with E-state index in [1.165, 1.54) is 0 Å². The van der Waals surface area contributed by atoms with Crippen LogP contribution in [0, 0.1) is 6.92 Å². The maximum atomic E-state index is 11.1. The Labute approximate surface area is 137 Å². The van der Waals surface area contributed by atoms with E-state index in [1.807, 2.05) is 37.3 Å². The van der Waals surface area contributed by atoms with Crippen molar-refractivity contribution in [3.63, 3.8) is 0 Å². The Balaban J connectivity index is 2.30. The third-order valence-corrected chi connectivity index (χ3v) is 4.04. The molecule has 2 aromatic carbocycles. The van der Waals surface area contributed by atoms with Crippen LogP contribution in [0.1, 0.15) is 11.1 Å². The minimum absolute atomic E-state index is 0.0827. The summed E-state index contributed by atoms with van der Waals surface area (Å²) in [7, 11) is 0. The Morgan fingerprint density at radius 2 is 2.05 bits per heavy atom. The van der Waals surface area contributed by atoms with E-state index in [0.717, 1.165) is 21.3 Å². The van der Waals surface area contributed by atoms with Crippen LogP contribution in [0.25, 0.3) is 0 Å². The van der Waals surface area contributed by atoms with E-state index in [-0.39, 0.29) is 6.54 Å². The first-order valence-corrected chi connectivity index (χ1v) is 7.60. The number of aryl methyl sites for hydroxylation is 1. The standard InChI is InChI=1S/C16H15BrClNO2/c1-11-5-6-12(15(17)7-11)9-19(10-16(20)21)14-4-2-3-13(18)8-14/h2-8H,9-10H2,1H3,(H,20,21). The number of nitrogens with zero attached hydrogens (tertiary/aromatic N) is 1. The lowest BCUT2D eigenvalue weighted by molar-refractivity contribution is -0.135. The quantitative estimate of drug-likeness (QED) is 0.844. The van der Waals surface area contributed by atoms with Crippen molar-refractivity contribution >= 4 is 39.2 Å².